The van der Waals surface area contributed by atoms with Crippen molar-refractivity contribution in [1.82, 2.24) is 9.62 Å². The molecule has 1 aliphatic carbocycles. The second-order valence-corrected chi connectivity index (χ2v) is 10.7. The molecule has 30 heavy (non-hydrogen) atoms. The van der Waals surface area contributed by atoms with Gasteiger partial charge in [-0.1, -0.05) is 34.5 Å². The van der Waals surface area contributed by atoms with Crippen molar-refractivity contribution < 1.29 is 17.9 Å². The summed E-state index contributed by atoms with van der Waals surface area (Å²) in [7, 11) is -3.56. The Labute approximate surface area is 185 Å². The summed E-state index contributed by atoms with van der Waals surface area (Å²) < 4.78 is 33.1. The van der Waals surface area contributed by atoms with Gasteiger partial charge >= 0.3 is 0 Å². The molecule has 0 bridgehead atoms. The Morgan fingerprint density at radius 2 is 1.80 bits per heavy atom. The third kappa shape index (κ3) is 4.32. The SMILES string of the molecule is O=C(NCC1(c2cccc(Br)c2)CCC1)c1ccc(S(=O)(=O)N2CCOCC2)cc1. The Kier molecular flexibility index (Phi) is 6.29. The molecule has 0 aromatic heterocycles. The zero-order chi connectivity index (χ0) is 21.2. The van der Waals surface area contributed by atoms with Crippen LogP contribution in [0.3, 0.4) is 0 Å². The summed E-state index contributed by atoms with van der Waals surface area (Å²) in [6.45, 7) is 2.07. The molecule has 0 atom stereocenters. The molecule has 0 unspecified atom stereocenters. The molecule has 2 aromatic carbocycles. The van der Waals surface area contributed by atoms with Crippen LogP contribution in [0.15, 0.2) is 57.9 Å². The summed E-state index contributed by atoms with van der Waals surface area (Å²) in [5.74, 6) is -0.188. The van der Waals surface area contributed by atoms with Crippen molar-refractivity contribution in [2.24, 2.45) is 0 Å². The first-order valence-electron chi connectivity index (χ1n) is 10.1. The lowest BCUT2D eigenvalue weighted by Gasteiger charge is -2.42. The molecule has 1 aliphatic heterocycles. The molecular formula is C22H25BrN2O4S. The number of benzene rings is 2. The van der Waals surface area contributed by atoms with Gasteiger partial charge in [0.15, 0.2) is 0 Å². The molecule has 6 nitrogen and oxygen atoms in total. The van der Waals surface area contributed by atoms with Gasteiger partial charge in [-0.25, -0.2) is 8.42 Å². The van der Waals surface area contributed by atoms with Crippen LogP contribution in [-0.2, 0) is 20.2 Å². The summed E-state index contributed by atoms with van der Waals surface area (Å²) in [4.78, 5) is 12.9. The van der Waals surface area contributed by atoms with Crippen LogP contribution in [0.1, 0.15) is 35.2 Å². The highest BCUT2D eigenvalue weighted by molar-refractivity contribution is 9.10. The molecule has 0 spiro atoms. The molecule has 4 rings (SSSR count). The number of sulfonamides is 1. The van der Waals surface area contributed by atoms with Crippen LogP contribution in [0.25, 0.3) is 0 Å². The second kappa shape index (κ2) is 8.78. The maximum absolute atomic E-state index is 12.7. The van der Waals surface area contributed by atoms with Crippen molar-refractivity contribution >= 4 is 31.9 Å². The fraction of sp³-hybridized carbons (Fsp3) is 0.409. The van der Waals surface area contributed by atoms with Gasteiger partial charge in [-0.15, -0.1) is 0 Å². The van der Waals surface area contributed by atoms with Crippen LogP contribution < -0.4 is 5.32 Å². The van der Waals surface area contributed by atoms with Gasteiger partial charge in [0.2, 0.25) is 10.0 Å². The van der Waals surface area contributed by atoms with Gasteiger partial charge in [0, 0.05) is 35.1 Å². The third-order valence-electron chi connectivity index (χ3n) is 6.06. The lowest BCUT2D eigenvalue weighted by atomic mass is 9.64. The third-order valence-corrected chi connectivity index (χ3v) is 8.47. The minimum absolute atomic E-state index is 0.0287. The van der Waals surface area contributed by atoms with Gasteiger partial charge in [0.05, 0.1) is 18.1 Å². The number of morpholine rings is 1. The number of ether oxygens (including phenoxy) is 1. The van der Waals surface area contributed by atoms with Crippen LogP contribution in [0, 0.1) is 0 Å². The summed E-state index contributed by atoms with van der Waals surface area (Å²) in [5.41, 5.74) is 1.66. The minimum atomic E-state index is -3.56. The zero-order valence-corrected chi connectivity index (χ0v) is 19.0. The van der Waals surface area contributed by atoms with E-state index in [4.69, 9.17) is 4.74 Å². The molecule has 1 saturated carbocycles. The Morgan fingerprint density at radius 1 is 1.10 bits per heavy atom. The molecule has 1 amide bonds. The monoisotopic (exact) mass is 492 g/mol. The lowest BCUT2D eigenvalue weighted by Crippen LogP contribution is -2.45. The Morgan fingerprint density at radius 3 is 2.40 bits per heavy atom. The van der Waals surface area contributed by atoms with Crippen molar-refractivity contribution in [3.8, 4) is 0 Å². The Bertz CT molecular complexity index is 1010. The number of nitrogens with one attached hydrogen (secondary N) is 1. The summed E-state index contributed by atoms with van der Waals surface area (Å²) in [6.07, 6.45) is 3.23. The number of rotatable bonds is 6. The quantitative estimate of drug-likeness (QED) is 0.670. The van der Waals surface area contributed by atoms with Crippen LogP contribution in [-0.4, -0.2) is 51.5 Å². The van der Waals surface area contributed by atoms with E-state index in [2.05, 4.69) is 33.4 Å². The summed E-state index contributed by atoms with van der Waals surface area (Å²) >= 11 is 3.53. The van der Waals surface area contributed by atoms with Gasteiger partial charge in [0.1, 0.15) is 0 Å². The Hall–Kier alpha value is -1.74. The van der Waals surface area contributed by atoms with Crippen molar-refractivity contribution in [2.75, 3.05) is 32.8 Å². The van der Waals surface area contributed by atoms with Crippen LogP contribution in [0.5, 0.6) is 0 Å². The second-order valence-electron chi connectivity index (χ2n) is 7.87. The first kappa shape index (κ1) is 21.5. The van der Waals surface area contributed by atoms with Crippen molar-refractivity contribution in [3.05, 3.63) is 64.1 Å². The van der Waals surface area contributed by atoms with E-state index >= 15 is 0 Å². The standard InChI is InChI=1S/C22H25BrN2O4S/c23-19-4-1-3-18(15-19)22(9-2-10-22)16-24-21(26)17-5-7-20(8-6-17)30(27,28)25-11-13-29-14-12-25/h1,3-8,15H,2,9-14,16H2,(H,24,26). The molecule has 2 aromatic rings. The van der Waals surface area contributed by atoms with Gasteiger partial charge in [-0.3, -0.25) is 4.79 Å². The number of nitrogens with zero attached hydrogens (tertiary/aromatic N) is 1. The predicted octanol–water partition coefficient (Wildman–Crippen LogP) is 3.32. The van der Waals surface area contributed by atoms with Crippen molar-refractivity contribution in [3.63, 3.8) is 0 Å². The van der Waals surface area contributed by atoms with E-state index in [1.54, 1.807) is 12.1 Å². The topological polar surface area (TPSA) is 75.7 Å². The average Bonchev–Trinajstić information content (AvgIpc) is 2.73. The van der Waals surface area contributed by atoms with Crippen molar-refractivity contribution in [2.45, 2.75) is 29.6 Å². The number of halogens is 1. The summed E-state index contributed by atoms with van der Waals surface area (Å²) in [6, 6.07) is 14.4. The summed E-state index contributed by atoms with van der Waals surface area (Å²) in [5, 5.41) is 3.05. The maximum atomic E-state index is 12.7. The molecule has 1 saturated heterocycles. The smallest absolute Gasteiger partial charge is 0.251 e. The molecular weight excluding hydrogens is 468 g/mol. The highest BCUT2D eigenvalue weighted by Gasteiger charge is 2.39. The number of hydrogen-bond acceptors (Lipinski definition) is 4. The van der Waals surface area contributed by atoms with Crippen molar-refractivity contribution in [1.29, 1.82) is 0 Å². The molecule has 160 valence electrons. The van der Waals surface area contributed by atoms with E-state index in [0.717, 1.165) is 23.7 Å². The van der Waals surface area contributed by atoms with Gasteiger partial charge in [-0.2, -0.15) is 4.31 Å². The lowest BCUT2D eigenvalue weighted by molar-refractivity contribution is 0.0730. The van der Waals surface area contributed by atoms with E-state index in [9.17, 15) is 13.2 Å². The molecule has 1 heterocycles. The molecule has 2 aliphatic rings. The minimum Gasteiger partial charge on any atom is -0.379 e. The Balaban J connectivity index is 1.43. The number of carbonyl (C=O) groups is 1. The van der Waals surface area contributed by atoms with E-state index in [-0.39, 0.29) is 16.2 Å². The number of hydrogen-bond donors (Lipinski definition) is 1. The largest absolute Gasteiger partial charge is 0.379 e. The normalized spacial score (nSPS) is 19.1. The number of amides is 1. The first-order valence-corrected chi connectivity index (χ1v) is 12.4. The predicted molar refractivity (Wildman–Crippen MR) is 118 cm³/mol. The fourth-order valence-electron chi connectivity index (χ4n) is 4.06. The molecule has 0 radical (unpaired) electrons. The zero-order valence-electron chi connectivity index (χ0n) is 16.6. The highest BCUT2D eigenvalue weighted by atomic mass is 79.9. The van der Waals surface area contributed by atoms with Gasteiger partial charge in [0.25, 0.3) is 5.91 Å². The van der Waals surface area contributed by atoms with Crippen LogP contribution in [0.2, 0.25) is 0 Å². The maximum Gasteiger partial charge on any atom is 0.251 e. The van der Waals surface area contributed by atoms with Gasteiger partial charge < -0.3 is 10.1 Å². The van der Waals surface area contributed by atoms with Crippen LogP contribution >= 0.6 is 15.9 Å². The van der Waals surface area contributed by atoms with E-state index in [0.29, 0.717) is 38.4 Å². The highest BCUT2D eigenvalue weighted by Crippen LogP contribution is 2.43. The van der Waals surface area contributed by atoms with E-state index < -0.39 is 10.0 Å². The molecule has 2 fully saturated rings. The van der Waals surface area contributed by atoms with Gasteiger partial charge in [-0.05, 0) is 54.8 Å². The first-order chi connectivity index (χ1) is 14.4. The van der Waals surface area contributed by atoms with E-state index in [1.807, 2.05) is 12.1 Å². The number of carbonyl (C=O) groups excluding carboxylic acids is 1. The average molecular weight is 493 g/mol. The van der Waals surface area contributed by atoms with Crippen LogP contribution in [0.4, 0.5) is 0 Å². The van der Waals surface area contributed by atoms with E-state index in [1.165, 1.54) is 22.0 Å². The fourth-order valence-corrected chi connectivity index (χ4v) is 5.86. The molecule has 8 heteroatoms. The molecule has 1 N–H and O–H groups in total.